The lowest BCUT2D eigenvalue weighted by molar-refractivity contribution is -0.161. The summed E-state index contributed by atoms with van der Waals surface area (Å²) >= 11 is 0. The molecule has 9 heteroatoms. The van der Waals surface area contributed by atoms with Crippen molar-refractivity contribution in [3.63, 3.8) is 0 Å². The van der Waals surface area contributed by atoms with E-state index in [1.165, 1.54) is 12.1 Å². The average molecular weight is 564 g/mol. The fourth-order valence-corrected chi connectivity index (χ4v) is 5.03. The van der Waals surface area contributed by atoms with Crippen LogP contribution in [0.4, 0.5) is 18.9 Å². The fourth-order valence-electron chi connectivity index (χ4n) is 5.03. The summed E-state index contributed by atoms with van der Waals surface area (Å²) in [5, 5.41) is 18.1. The van der Waals surface area contributed by atoms with Crippen molar-refractivity contribution < 1.29 is 18.0 Å². The standard InChI is InChI=1S/C32H36F3N5O/c1-22(2)29(31(41)38-27(21-36)20-23-6-4-3-5-7-23)39-30(32(33,34)35)26-10-8-24(9-11-26)25-12-14-28(15-13-25)40-18-16-37-17-19-40/h3-15,22,27,29-30,37,39H,16-20H2,1-2H3,(H,38,41)/t27?,29-,30-/m0/s1. The molecule has 3 aromatic rings. The van der Waals surface area contributed by atoms with Crippen LogP contribution >= 0.6 is 0 Å². The van der Waals surface area contributed by atoms with Gasteiger partial charge in [-0.1, -0.05) is 80.6 Å². The molecule has 1 fully saturated rings. The number of nitriles is 1. The lowest BCUT2D eigenvalue weighted by Gasteiger charge is -2.30. The number of carbonyl (C=O) groups is 1. The summed E-state index contributed by atoms with van der Waals surface area (Å²) in [4.78, 5) is 15.4. The molecule has 0 spiro atoms. The zero-order chi connectivity index (χ0) is 29.4. The third-order valence-electron chi connectivity index (χ3n) is 7.30. The third kappa shape index (κ3) is 8.09. The molecule has 216 valence electrons. The van der Waals surface area contributed by atoms with Crippen molar-refractivity contribution in [1.29, 1.82) is 5.26 Å². The van der Waals surface area contributed by atoms with Crippen molar-refractivity contribution in [3.8, 4) is 17.2 Å². The number of rotatable bonds is 10. The first-order chi connectivity index (χ1) is 19.7. The van der Waals surface area contributed by atoms with Gasteiger partial charge >= 0.3 is 6.18 Å². The molecule has 6 nitrogen and oxygen atoms in total. The van der Waals surface area contributed by atoms with Crippen molar-refractivity contribution in [2.45, 2.75) is 44.6 Å². The van der Waals surface area contributed by atoms with Gasteiger partial charge in [-0.05, 0) is 40.3 Å². The van der Waals surface area contributed by atoms with E-state index in [1.54, 1.807) is 26.0 Å². The third-order valence-corrected chi connectivity index (χ3v) is 7.30. The highest BCUT2D eigenvalue weighted by Crippen LogP contribution is 2.35. The second-order valence-electron chi connectivity index (χ2n) is 10.6. The second kappa shape index (κ2) is 13.7. The van der Waals surface area contributed by atoms with E-state index in [0.29, 0.717) is 0 Å². The molecule has 0 aromatic heterocycles. The summed E-state index contributed by atoms with van der Waals surface area (Å²) in [5.74, 6) is -1.10. The Bertz CT molecular complexity index is 1300. The first kappa shape index (κ1) is 30.1. The Morgan fingerprint density at radius 1 is 0.951 bits per heavy atom. The Balaban J connectivity index is 1.47. The highest BCUT2D eigenvalue weighted by Gasteiger charge is 2.43. The van der Waals surface area contributed by atoms with Gasteiger partial charge in [0.05, 0.1) is 12.1 Å². The Hall–Kier alpha value is -3.87. The van der Waals surface area contributed by atoms with Gasteiger partial charge < -0.3 is 15.5 Å². The second-order valence-corrected chi connectivity index (χ2v) is 10.6. The topological polar surface area (TPSA) is 80.2 Å². The molecule has 3 N–H and O–H groups in total. The van der Waals surface area contributed by atoms with Crippen molar-refractivity contribution in [2.24, 2.45) is 5.92 Å². The number of anilines is 1. The monoisotopic (exact) mass is 563 g/mol. The number of benzene rings is 3. The molecule has 1 amide bonds. The van der Waals surface area contributed by atoms with Crippen LogP contribution in [0.2, 0.25) is 0 Å². The Kier molecular flexibility index (Phi) is 10.0. The maximum Gasteiger partial charge on any atom is 0.407 e. The van der Waals surface area contributed by atoms with Crippen LogP contribution in [0.1, 0.15) is 31.0 Å². The molecule has 1 saturated heterocycles. The lowest BCUT2D eigenvalue weighted by Crippen LogP contribution is -2.53. The summed E-state index contributed by atoms with van der Waals surface area (Å²) in [6.07, 6.45) is -4.38. The highest BCUT2D eigenvalue weighted by molar-refractivity contribution is 5.82. The number of hydrogen-bond acceptors (Lipinski definition) is 5. The minimum Gasteiger partial charge on any atom is -0.369 e. The van der Waals surface area contributed by atoms with Crippen LogP contribution in [0.5, 0.6) is 0 Å². The maximum atomic E-state index is 14.3. The quantitative estimate of drug-likeness (QED) is 0.315. The smallest absolute Gasteiger partial charge is 0.369 e. The number of nitrogens with one attached hydrogen (secondary N) is 3. The van der Waals surface area contributed by atoms with Crippen LogP contribution in [0.15, 0.2) is 78.9 Å². The van der Waals surface area contributed by atoms with E-state index < -0.39 is 36.1 Å². The number of hydrogen-bond donors (Lipinski definition) is 3. The average Bonchev–Trinajstić information content (AvgIpc) is 2.97. The van der Waals surface area contributed by atoms with Gasteiger partial charge in [-0.25, -0.2) is 0 Å². The largest absolute Gasteiger partial charge is 0.407 e. The highest BCUT2D eigenvalue weighted by atomic mass is 19.4. The normalized spacial score (nSPS) is 16.1. The molecule has 0 radical (unpaired) electrons. The van der Waals surface area contributed by atoms with E-state index >= 15 is 0 Å². The predicted octanol–water partition coefficient (Wildman–Crippen LogP) is 5.23. The van der Waals surface area contributed by atoms with Crippen molar-refractivity contribution in [3.05, 3.63) is 90.0 Å². The molecule has 1 unspecified atom stereocenters. The van der Waals surface area contributed by atoms with Crippen LogP contribution in [0, 0.1) is 17.2 Å². The molecule has 3 aromatic carbocycles. The molecule has 4 rings (SSSR count). The van der Waals surface area contributed by atoms with Crippen molar-refractivity contribution in [1.82, 2.24) is 16.0 Å². The minimum absolute atomic E-state index is 0.0123. The minimum atomic E-state index is -4.64. The number of nitrogens with zero attached hydrogens (tertiary/aromatic N) is 2. The number of halogens is 3. The van der Waals surface area contributed by atoms with Crippen LogP contribution in [-0.4, -0.2) is 50.3 Å². The molecule has 0 saturated carbocycles. The van der Waals surface area contributed by atoms with Gasteiger partial charge in [-0.3, -0.25) is 10.1 Å². The summed E-state index contributed by atoms with van der Waals surface area (Å²) in [6.45, 7) is 7.08. The van der Waals surface area contributed by atoms with Gasteiger partial charge in [0.15, 0.2) is 0 Å². The fraction of sp³-hybridized carbons (Fsp3) is 0.375. The number of amides is 1. The molecule has 3 atom stereocenters. The summed E-state index contributed by atoms with van der Waals surface area (Å²) in [7, 11) is 0. The first-order valence-corrected chi connectivity index (χ1v) is 13.9. The van der Waals surface area contributed by atoms with Gasteiger partial charge in [-0.15, -0.1) is 0 Å². The van der Waals surface area contributed by atoms with Gasteiger partial charge in [0.1, 0.15) is 12.1 Å². The molecule has 0 bridgehead atoms. The van der Waals surface area contributed by atoms with Gasteiger partial charge in [0.2, 0.25) is 5.91 Å². The molecule has 1 aliphatic heterocycles. The van der Waals surface area contributed by atoms with E-state index in [2.05, 4.69) is 20.9 Å². The predicted molar refractivity (Wildman–Crippen MR) is 155 cm³/mol. The van der Waals surface area contributed by atoms with E-state index in [0.717, 1.165) is 48.6 Å². The van der Waals surface area contributed by atoms with Crippen LogP contribution in [0.3, 0.4) is 0 Å². The number of carbonyl (C=O) groups excluding carboxylic acids is 1. The zero-order valence-electron chi connectivity index (χ0n) is 23.3. The van der Waals surface area contributed by atoms with Crippen molar-refractivity contribution in [2.75, 3.05) is 31.1 Å². The van der Waals surface area contributed by atoms with Crippen molar-refractivity contribution >= 4 is 11.6 Å². The Morgan fingerprint density at radius 2 is 1.54 bits per heavy atom. The summed E-state index contributed by atoms with van der Waals surface area (Å²) in [5.41, 5.74) is 3.69. The molecule has 1 heterocycles. The molecular formula is C32H36F3N5O. The number of alkyl halides is 3. The van der Waals surface area contributed by atoms with Gasteiger partial charge in [0, 0.05) is 38.3 Å². The summed E-state index contributed by atoms with van der Waals surface area (Å²) < 4.78 is 42.9. The molecule has 41 heavy (non-hydrogen) atoms. The maximum absolute atomic E-state index is 14.3. The van der Waals surface area contributed by atoms with Crippen LogP contribution < -0.4 is 20.9 Å². The molecular weight excluding hydrogens is 527 g/mol. The van der Waals surface area contributed by atoms with Crippen LogP contribution in [0.25, 0.3) is 11.1 Å². The number of piperazine rings is 1. The van der Waals surface area contributed by atoms with Gasteiger partial charge in [-0.2, -0.15) is 18.4 Å². The van der Waals surface area contributed by atoms with E-state index in [4.69, 9.17) is 0 Å². The molecule has 1 aliphatic rings. The Morgan fingerprint density at radius 3 is 2.07 bits per heavy atom. The zero-order valence-corrected chi connectivity index (χ0v) is 23.3. The SMILES string of the molecule is CC(C)[C@H](N[C@@H](c1ccc(-c2ccc(N3CCNCC3)cc2)cc1)C(F)(F)F)C(=O)NC(C#N)Cc1ccccc1. The van der Waals surface area contributed by atoms with E-state index in [1.807, 2.05) is 60.7 Å². The Labute approximate surface area is 239 Å². The lowest BCUT2D eigenvalue weighted by atomic mass is 9.96. The first-order valence-electron chi connectivity index (χ1n) is 13.9. The molecule has 0 aliphatic carbocycles. The van der Waals surface area contributed by atoms with Gasteiger partial charge in [0.25, 0.3) is 0 Å². The summed E-state index contributed by atoms with van der Waals surface area (Å²) in [6, 6.07) is 21.4. The van der Waals surface area contributed by atoms with Crippen LogP contribution in [-0.2, 0) is 11.2 Å². The van der Waals surface area contributed by atoms with E-state index in [-0.39, 0.29) is 12.0 Å². The van der Waals surface area contributed by atoms with E-state index in [9.17, 15) is 23.2 Å².